The van der Waals surface area contributed by atoms with Gasteiger partial charge in [-0.05, 0) is 42.7 Å². The molecule has 0 bridgehead atoms. The normalized spacial score (nSPS) is 21.8. The third kappa shape index (κ3) is 6.01. The average Bonchev–Trinajstić information content (AvgIpc) is 2.64. The van der Waals surface area contributed by atoms with E-state index in [1.54, 1.807) is 0 Å². The van der Waals surface area contributed by atoms with Crippen molar-refractivity contribution in [2.45, 2.75) is 51.0 Å². The van der Waals surface area contributed by atoms with Crippen LogP contribution in [0.4, 0.5) is 5.69 Å². The Morgan fingerprint density at radius 1 is 1.27 bits per heavy atom. The molecule has 1 aliphatic rings. The number of hydrogen-bond acceptors (Lipinski definition) is 8. The third-order valence-corrected chi connectivity index (χ3v) is 6.50. The number of hydrogen-bond donors (Lipinski definition) is 0. The Hall–Kier alpha value is -2.49. The summed E-state index contributed by atoms with van der Waals surface area (Å²) < 4.78 is 33.8. The van der Waals surface area contributed by atoms with Crippen LogP contribution in [0.25, 0.3) is 0 Å². The minimum absolute atomic E-state index is 0.228. The fraction of sp³-hybridized carbons (Fsp3) is 0.600. The molecule has 166 valence electrons. The molecule has 0 heterocycles. The smallest absolute Gasteiger partial charge is 0.344 e. The van der Waals surface area contributed by atoms with Crippen molar-refractivity contribution in [1.29, 1.82) is 0 Å². The number of sulfone groups is 1. The molecule has 0 aromatic heterocycles. The van der Waals surface area contributed by atoms with Gasteiger partial charge in [0.25, 0.3) is 5.69 Å². The highest BCUT2D eigenvalue weighted by molar-refractivity contribution is 7.90. The zero-order valence-corrected chi connectivity index (χ0v) is 18.3. The van der Waals surface area contributed by atoms with Gasteiger partial charge in [-0.1, -0.05) is 27.2 Å². The monoisotopic (exact) mass is 441 g/mol. The first-order chi connectivity index (χ1) is 13.9. The maximum Gasteiger partial charge on any atom is 0.344 e. The molecule has 1 aromatic carbocycles. The van der Waals surface area contributed by atoms with Gasteiger partial charge in [0, 0.05) is 12.3 Å². The fourth-order valence-electron chi connectivity index (χ4n) is 3.76. The summed E-state index contributed by atoms with van der Waals surface area (Å²) in [5.41, 5.74) is -0.959. The van der Waals surface area contributed by atoms with Gasteiger partial charge in [0.1, 0.15) is 11.0 Å². The molecule has 1 saturated carbocycles. The Balaban J connectivity index is 2.04. The van der Waals surface area contributed by atoms with Crippen LogP contribution in [0.3, 0.4) is 0 Å². The molecule has 9 nitrogen and oxygen atoms in total. The van der Waals surface area contributed by atoms with Gasteiger partial charge in [0.2, 0.25) is 0 Å². The standard InChI is InChI=1S/C20H27NO8S/c1-12(2)15-7-5-13(3)9-17(15)29-19(22)11-28-20(23)14-6-8-18(30(4,26)27)16(10-14)21(24)25/h6,8,10,12-13,15,17H,5,7,9,11H2,1-4H3/t13-,15+,17-/m1/s1. The van der Waals surface area contributed by atoms with E-state index in [-0.39, 0.29) is 17.6 Å². The first-order valence-corrected chi connectivity index (χ1v) is 11.6. The van der Waals surface area contributed by atoms with Crippen LogP contribution in [0.15, 0.2) is 23.1 Å². The molecule has 3 atom stereocenters. The number of carbonyl (C=O) groups is 2. The number of nitrogens with zero attached hydrogens (tertiary/aromatic N) is 1. The van der Waals surface area contributed by atoms with E-state index < -0.39 is 43.9 Å². The maximum atomic E-state index is 12.2. The van der Waals surface area contributed by atoms with Crippen LogP contribution in [0, 0.1) is 27.9 Å². The largest absolute Gasteiger partial charge is 0.460 e. The SMILES string of the molecule is CC(C)[C@@H]1CC[C@@H](C)C[C@H]1OC(=O)COC(=O)c1ccc(S(C)(=O)=O)c([N+](=O)[O-])c1. The summed E-state index contributed by atoms with van der Waals surface area (Å²) in [4.78, 5) is 34.2. The minimum atomic E-state index is -3.85. The highest BCUT2D eigenvalue weighted by atomic mass is 32.2. The number of nitro groups is 1. The minimum Gasteiger partial charge on any atom is -0.460 e. The molecule has 0 unspecified atom stereocenters. The van der Waals surface area contributed by atoms with Crippen LogP contribution in [-0.4, -0.2) is 44.2 Å². The first kappa shape index (κ1) is 23.8. The first-order valence-electron chi connectivity index (χ1n) is 9.75. The molecule has 0 aliphatic heterocycles. The van der Waals surface area contributed by atoms with Gasteiger partial charge in [0.15, 0.2) is 16.4 Å². The van der Waals surface area contributed by atoms with Crippen LogP contribution in [0.1, 0.15) is 50.4 Å². The number of ether oxygens (including phenoxy) is 2. The Morgan fingerprint density at radius 3 is 2.50 bits per heavy atom. The lowest BCUT2D eigenvalue weighted by Gasteiger charge is -2.36. The Morgan fingerprint density at radius 2 is 1.93 bits per heavy atom. The van der Waals surface area contributed by atoms with Crippen molar-refractivity contribution in [3.63, 3.8) is 0 Å². The van der Waals surface area contributed by atoms with Gasteiger partial charge in [-0.25, -0.2) is 18.0 Å². The number of nitro benzene ring substituents is 1. The molecular weight excluding hydrogens is 414 g/mol. The van der Waals surface area contributed by atoms with Gasteiger partial charge < -0.3 is 9.47 Å². The van der Waals surface area contributed by atoms with Crippen molar-refractivity contribution in [2.75, 3.05) is 12.9 Å². The van der Waals surface area contributed by atoms with E-state index in [4.69, 9.17) is 9.47 Å². The molecule has 1 aromatic rings. The van der Waals surface area contributed by atoms with E-state index in [1.165, 1.54) is 0 Å². The summed E-state index contributed by atoms with van der Waals surface area (Å²) in [6.07, 6.45) is 3.39. The summed E-state index contributed by atoms with van der Waals surface area (Å²) in [5, 5.41) is 11.2. The van der Waals surface area contributed by atoms with Crippen molar-refractivity contribution in [3.8, 4) is 0 Å². The van der Waals surface area contributed by atoms with Gasteiger partial charge in [0.05, 0.1) is 10.5 Å². The zero-order valence-electron chi connectivity index (χ0n) is 17.5. The fourth-order valence-corrected chi connectivity index (χ4v) is 4.59. The topological polar surface area (TPSA) is 130 Å². The van der Waals surface area contributed by atoms with Crippen LogP contribution in [0.2, 0.25) is 0 Å². The quantitative estimate of drug-likeness (QED) is 0.358. The predicted molar refractivity (Wildman–Crippen MR) is 108 cm³/mol. The summed E-state index contributed by atoms with van der Waals surface area (Å²) in [6, 6.07) is 2.90. The average molecular weight is 442 g/mol. The lowest BCUT2D eigenvalue weighted by Crippen LogP contribution is -2.36. The van der Waals surface area contributed by atoms with Gasteiger partial charge >= 0.3 is 11.9 Å². The van der Waals surface area contributed by atoms with Crippen LogP contribution >= 0.6 is 0 Å². The summed E-state index contributed by atoms with van der Waals surface area (Å²) >= 11 is 0. The molecule has 0 N–H and O–H groups in total. The second-order valence-electron chi connectivity index (χ2n) is 8.14. The molecule has 2 rings (SSSR count). The Labute approximate surface area is 175 Å². The Kier molecular flexibility index (Phi) is 7.57. The van der Waals surface area contributed by atoms with Gasteiger partial charge in [-0.3, -0.25) is 10.1 Å². The summed E-state index contributed by atoms with van der Waals surface area (Å²) in [5.74, 6) is -0.629. The summed E-state index contributed by atoms with van der Waals surface area (Å²) in [6.45, 7) is 5.63. The van der Waals surface area contributed by atoms with Crippen LogP contribution in [-0.2, 0) is 24.1 Å². The highest BCUT2D eigenvalue weighted by Crippen LogP contribution is 2.35. The number of rotatable bonds is 7. The van der Waals surface area contributed by atoms with E-state index in [1.807, 2.05) is 0 Å². The van der Waals surface area contributed by atoms with Crippen LogP contribution in [0.5, 0.6) is 0 Å². The molecule has 1 aliphatic carbocycles. The molecule has 10 heteroatoms. The van der Waals surface area contributed by atoms with E-state index in [0.29, 0.717) is 11.8 Å². The predicted octanol–water partition coefficient (Wildman–Crippen LogP) is 3.16. The number of carbonyl (C=O) groups excluding carboxylic acids is 2. The highest BCUT2D eigenvalue weighted by Gasteiger charge is 2.33. The van der Waals surface area contributed by atoms with E-state index in [2.05, 4.69) is 20.8 Å². The molecule has 0 spiro atoms. The summed E-state index contributed by atoms with van der Waals surface area (Å²) in [7, 11) is -3.85. The zero-order chi connectivity index (χ0) is 22.6. The molecule has 30 heavy (non-hydrogen) atoms. The van der Waals surface area contributed by atoms with Crippen molar-refractivity contribution < 1.29 is 32.4 Å². The lowest BCUT2D eigenvalue weighted by atomic mass is 9.75. The van der Waals surface area contributed by atoms with Gasteiger partial charge in [-0.15, -0.1) is 0 Å². The van der Waals surface area contributed by atoms with E-state index >= 15 is 0 Å². The number of benzene rings is 1. The third-order valence-electron chi connectivity index (χ3n) is 5.36. The van der Waals surface area contributed by atoms with Gasteiger partial charge in [-0.2, -0.15) is 0 Å². The van der Waals surface area contributed by atoms with Crippen molar-refractivity contribution >= 4 is 27.5 Å². The number of esters is 2. The molecule has 0 amide bonds. The van der Waals surface area contributed by atoms with Crippen molar-refractivity contribution in [1.82, 2.24) is 0 Å². The molecule has 0 saturated heterocycles. The van der Waals surface area contributed by atoms with E-state index in [9.17, 15) is 28.1 Å². The van der Waals surface area contributed by atoms with Crippen molar-refractivity contribution in [2.24, 2.45) is 17.8 Å². The lowest BCUT2D eigenvalue weighted by molar-refractivity contribution is -0.387. The maximum absolute atomic E-state index is 12.2. The van der Waals surface area contributed by atoms with Crippen LogP contribution < -0.4 is 0 Å². The Bertz CT molecular complexity index is 925. The second kappa shape index (κ2) is 9.55. The molecule has 0 radical (unpaired) electrons. The molecule has 1 fully saturated rings. The molecular formula is C20H27NO8S. The second-order valence-corrected chi connectivity index (χ2v) is 10.1. The van der Waals surface area contributed by atoms with E-state index in [0.717, 1.165) is 43.7 Å². The van der Waals surface area contributed by atoms with Crippen molar-refractivity contribution in [3.05, 3.63) is 33.9 Å².